The van der Waals surface area contributed by atoms with Crippen molar-refractivity contribution in [2.75, 3.05) is 17.2 Å². The Morgan fingerprint density at radius 3 is 2.90 bits per heavy atom. The summed E-state index contributed by atoms with van der Waals surface area (Å²) in [6.45, 7) is 4.95. The number of nitrogens with zero attached hydrogens (tertiary/aromatic N) is 2. The number of hydrogen-bond acceptors (Lipinski definition) is 4. The Balaban J connectivity index is 2.26. The highest BCUT2D eigenvalue weighted by Crippen LogP contribution is 2.29. The van der Waals surface area contributed by atoms with Gasteiger partial charge in [0.2, 0.25) is 5.95 Å². The third-order valence-electron chi connectivity index (χ3n) is 2.80. The number of aromatic nitrogens is 2. The molecule has 0 atom stereocenters. The molecule has 4 nitrogen and oxygen atoms in total. The minimum atomic E-state index is 0.492. The lowest BCUT2D eigenvalue weighted by Crippen LogP contribution is -2.06. The molecule has 1 aromatic carbocycles. The van der Waals surface area contributed by atoms with E-state index in [1.807, 2.05) is 25.1 Å². The average molecular weight is 356 g/mol. The molecule has 0 radical (unpaired) electrons. The number of hydrogen-bond donors (Lipinski definition) is 2. The number of nitrogens with one attached hydrogen (secondary N) is 2. The Hall–Kier alpha value is -1.33. The normalized spacial score (nSPS) is 10.4. The largest absolute Gasteiger partial charge is 0.354 e. The maximum atomic E-state index is 6.15. The molecule has 106 valence electrons. The van der Waals surface area contributed by atoms with Crippen molar-refractivity contribution in [2.24, 2.45) is 0 Å². The van der Waals surface area contributed by atoms with Gasteiger partial charge < -0.3 is 10.6 Å². The van der Waals surface area contributed by atoms with E-state index in [-0.39, 0.29) is 0 Å². The molecule has 0 amide bonds. The van der Waals surface area contributed by atoms with Crippen LogP contribution in [0.1, 0.15) is 18.9 Å². The minimum absolute atomic E-state index is 0.492. The molecule has 2 aromatic rings. The quantitative estimate of drug-likeness (QED) is 0.811. The number of rotatable bonds is 5. The summed E-state index contributed by atoms with van der Waals surface area (Å²) in [7, 11) is 0. The molecule has 2 N–H and O–H groups in total. The van der Waals surface area contributed by atoms with Gasteiger partial charge in [0.15, 0.2) is 5.82 Å². The second-order valence-electron chi connectivity index (χ2n) is 4.35. The number of benzene rings is 1. The molecule has 20 heavy (non-hydrogen) atoms. The molecule has 0 saturated heterocycles. The topological polar surface area (TPSA) is 49.8 Å². The van der Waals surface area contributed by atoms with Gasteiger partial charge >= 0.3 is 0 Å². The highest BCUT2D eigenvalue weighted by Gasteiger charge is 2.08. The zero-order chi connectivity index (χ0) is 14.5. The van der Waals surface area contributed by atoms with Gasteiger partial charge in [-0.1, -0.05) is 40.5 Å². The molecule has 0 aliphatic heterocycles. The summed E-state index contributed by atoms with van der Waals surface area (Å²) < 4.78 is 1.04. The lowest BCUT2D eigenvalue weighted by atomic mass is 10.2. The molecule has 0 bridgehead atoms. The van der Waals surface area contributed by atoms with Gasteiger partial charge in [-0.25, -0.2) is 4.98 Å². The monoisotopic (exact) mass is 354 g/mol. The van der Waals surface area contributed by atoms with Crippen molar-refractivity contribution in [3.8, 4) is 0 Å². The molecule has 1 aromatic heterocycles. The van der Waals surface area contributed by atoms with Gasteiger partial charge in [0, 0.05) is 16.7 Å². The Morgan fingerprint density at radius 2 is 2.15 bits per heavy atom. The van der Waals surface area contributed by atoms with Crippen LogP contribution in [0.15, 0.2) is 28.9 Å². The molecule has 0 saturated carbocycles. The average Bonchev–Trinajstić information content (AvgIpc) is 2.44. The molecular formula is C14H16BrClN4. The first-order chi connectivity index (χ1) is 9.61. The van der Waals surface area contributed by atoms with Crippen molar-refractivity contribution in [3.05, 3.63) is 39.5 Å². The molecule has 0 fully saturated rings. The summed E-state index contributed by atoms with van der Waals surface area (Å²) in [6, 6.07) is 5.94. The molecule has 0 spiro atoms. The van der Waals surface area contributed by atoms with Crippen LogP contribution in [0.3, 0.4) is 0 Å². The SMILES string of the molecule is CCCNc1ncc(Cl)c(Nc2cccc(Br)c2C)n1. The Labute approximate surface area is 132 Å². The van der Waals surface area contributed by atoms with Crippen molar-refractivity contribution in [2.45, 2.75) is 20.3 Å². The van der Waals surface area contributed by atoms with Crippen LogP contribution in [0, 0.1) is 6.92 Å². The van der Waals surface area contributed by atoms with Crippen LogP contribution in [-0.2, 0) is 0 Å². The van der Waals surface area contributed by atoms with Crippen molar-refractivity contribution >= 4 is 45.0 Å². The van der Waals surface area contributed by atoms with Gasteiger partial charge in [0.25, 0.3) is 0 Å². The Kier molecular flexibility index (Phi) is 5.20. The third kappa shape index (κ3) is 3.61. The van der Waals surface area contributed by atoms with Crippen LogP contribution in [0.2, 0.25) is 5.02 Å². The van der Waals surface area contributed by atoms with Crippen LogP contribution in [0.5, 0.6) is 0 Å². The van der Waals surface area contributed by atoms with Gasteiger partial charge in [0.1, 0.15) is 5.02 Å². The first-order valence-electron chi connectivity index (χ1n) is 6.40. The highest BCUT2D eigenvalue weighted by atomic mass is 79.9. The second kappa shape index (κ2) is 6.90. The highest BCUT2D eigenvalue weighted by molar-refractivity contribution is 9.10. The van der Waals surface area contributed by atoms with Crippen LogP contribution in [-0.4, -0.2) is 16.5 Å². The van der Waals surface area contributed by atoms with Crippen molar-refractivity contribution in [1.29, 1.82) is 0 Å². The van der Waals surface area contributed by atoms with E-state index in [0.717, 1.165) is 28.7 Å². The van der Waals surface area contributed by atoms with E-state index < -0.39 is 0 Å². The summed E-state index contributed by atoms with van der Waals surface area (Å²) >= 11 is 9.65. The van der Waals surface area contributed by atoms with Crippen molar-refractivity contribution < 1.29 is 0 Å². The fraction of sp³-hybridized carbons (Fsp3) is 0.286. The van der Waals surface area contributed by atoms with E-state index in [9.17, 15) is 0 Å². The van der Waals surface area contributed by atoms with Gasteiger partial charge in [-0.05, 0) is 31.0 Å². The maximum Gasteiger partial charge on any atom is 0.224 e. The minimum Gasteiger partial charge on any atom is -0.354 e. The summed E-state index contributed by atoms with van der Waals surface area (Å²) in [6.07, 6.45) is 2.61. The number of halogens is 2. The fourth-order valence-electron chi connectivity index (χ4n) is 1.65. The summed E-state index contributed by atoms with van der Waals surface area (Å²) in [4.78, 5) is 8.55. The molecule has 2 rings (SSSR count). The zero-order valence-corrected chi connectivity index (χ0v) is 13.7. The van der Waals surface area contributed by atoms with Crippen LogP contribution in [0.4, 0.5) is 17.5 Å². The molecule has 0 aliphatic carbocycles. The first-order valence-corrected chi connectivity index (χ1v) is 7.57. The van der Waals surface area contributed by atoms with E-state index >= 15 is 0 Å². The maximum absolute atomic E-state index is 6.15. The van der Waals surface area contributed by atoms with Crippen LogP contribution in [0.25, 0.3) is 0 Å². The smallest absolute Gasteiger partial charge is 0.224 e. The fourth-order valence-corrected chi connectivity index (χ4v) is 2.15. The predicted octanol–water partition coefficient (Wildman–Crippen LogP) is 4.77. The molecule has 0 unspecified atom stereocenters. The molecular weight excluding hydrogens is 340 g/mol. The van der Waals surface area contributed by atoms with Gasteiger partial charge in [-0.15, -0.1) is 0 Å². The second-order valence-corrected chi connectivity index (χ2v) is 5.62. The lowest BCUT2D eigenvalue weighted by molar-refractivity contribution is 0.953. The lowest BCUT2D eigenvalue weighted by Gasteiger charge is -2.12. The Morgan fingerprint density at radius 1 is 1.35 bits per heavy atom. The van der Waals surface area contributed by atoms with E-state index in [1.165, 1.54) is 0 Å². The zero-order valence-electron chi connectivity index (χ0n) is 11.4. The molecule has 6 heteroatoms. The van der Waals surface area contributed by atoms with Crippen LogP contribution >= 0.6 is 27.5 Å². The summed E-state index contributed by atoms with van der Waals surface area (Å²) in [5.74, 6) is 1.17. The van der Waals surface area contributed by atoms with Gasteiger partial charge in [0.05, 0.1) is 6.20 Å². The van der Waals surface area contributed by atoms with E-state index in [1.54, 1.807) is 6.20 Å². The molecule has 0 aliphatic rings. The third-order valence-corrected chi connectivity index (χ3v) is 3.93. The van der Waals surface area contributed by atoms with E-state index in [2.05, 4.69) is 43.5 Å². The Bertz CT molecular complexity index is 604. The van der Waals surface area contributed by atoms with Gasteiger partial charge in [-0.2, -0.15) is 4.98 Å². The summed E-state index contributed by atoms with van der Waals surface area (Å²) in [5.41, 5.74) is 2.06. The van der Waals surface area contributed by atoms with Crippen molar-refractivity contribution in [1.82, 2.24) is 9.97 Å². The first kappa shape index (κ1) is 15.1. The van der Waals surface area contributed by atoms with E-state index in [0.29, 0.717) is 16.8 Å². The standard InChI is InChI=1S/C14H16BrClN4/c1-3-7-17-14-18-8-11(16)13(20-14)19-12-6-4-5-10(15)9(12)2/h4-6,8H,3,7H2,1-2H3,(H2,17,18,19,20). The van der Waals surface area contributed by atoms with Crippen LogP contribution < -0.4 is 10.6 Å². The summed E-state index contributed by atoms with van der Waals surface area (Å²) in [5, 5.41) is 6.88. The van der Waals surface area contributed by atoms with Gasteiger partial charge in [-0.3, -0.25) is 0 Å². The molecule has 1 heterocycles. The number of anilines is 3. The van der Waals surface area contributed by atoms with E-state index in [4.69, 9.17) is 11.6 Å². The predicted molar refractivity (Wildman–Crippen MR) is 88.0 cm³/mol. The van der Waals surface area contributed by atoms with Crippen molar-refractivity contribution in [3.63, 3.8) is 0 Å².